The van der Waals surface area contributed by atoms with Crippen LogP contribution in [-0.2, 0) is 0 Å². The minimum absolute atomic E-state index is 0.172. The molecule has 2 aromatic heterocycles. The third-order valence-electron chi connectivity index (χ3n) is 3.47. The highest BCUT2D eigenvalue weighted by atomic mass is 32.1. The molecule has 102 valence electrons. The minimum Gasteiger partial charge on any atom is -0.320 e. The maximum atomic E-state index is 12.3. The van der Waals surface area contributed by atoms with Gasteiger partial charge in [0.05, 0.1) is 0 Å². The van der Waals surface area contributed by atoms with Gasteiger partial charge in [-0.15, -0.1) is 11.3 Å². The number of aryl methyl sites for hydroxylation is 2. The molecule has 0 aliphatic carbocycles. The van der Waals surface area contributed by atoms with Crippen LogP contribution >= 0.6 is 11.3 Å². The standard InChI is InChI=1S/C15H15N3OS/c1-9-5-4-6-12(11(9)3)16-14(19)13-7-18-10(2)8-20-15(18)17-13/h4-8H,1-3H3,(H,16,19). The van der Waals surface area contributed by atoms with Crippen molar-refractivity contribution in [2.75, 3.05) is 5.32 Å². The maximum Gasteiger partial charge on any atom is 0.275 e. The van der Waals surface area contributed by atoms with Crippen molar-refractivity contribution in [1.82, 2.24) is 9.38 Å². The topological polar surface area (TPSA) is 46.4 Å². The number of aromatic nitrogens is 2. The summed E-state index contributed by atoms with van der Waals surface area (Å²) in [6, 6.07) is 5.87. The van der Waals surface area contributed by atoms with E-state index in [1.807, 2.05) is 48.8 Å². The Morgan fingerprint density at radius 1 is 1.30 bits per heavy atom. The molecular formula is C15H15N3OS. The van der Waals surface area contributed by atoms with Gasteiger partial charge >= 0.3 is 0 Å². The highest BCUT2D eigenvalue weighted by Crippen LogP contribution is 2.20. The first-order valence-corrected chi connectivity index (χ1v) is 7.25. The lowest BCUT2D eigenvalue weighted by molar-refractivity contribution is 0.102. The first-order valence-electron chi connectivity index (χ1n) is 6.37. The van der Waals surface area contributed by atoms with E-state index in [0.29, 0.717) is 5.69 Å². The average molecular weight is 285 g/mol. The van der Waals surface area contributed by atoms with Crippen molar-refractivity contribution < 1.29 is 4.79 Å². The Kier molecular flexibility index (Phi) is 3.06. The summed E-state index contributed by atoms with van der Waals surface area (Å²) in [5.74, 6) is -0.172. The predicted octanol–water partition coefficient (Wildman–Crippen LogP) is 3.57. The molecule has 0 radical (unpaired) electrons. The van der Waals surface area contributed by atoms with E-state index in [1.165, 1.54) is 11.3 Å². The first kappa shape index (κ1) is 12.9. The van der Waals surface area contributed by atoms with E-state index in [2.05, 4.69) is 10.3 Å². The van der Waals surface area contributed by atoms with E-state index in [0.717, 1.165) is 27.5 Å². The number of amides is 1. The van der Waals surface area contributed by atoms with Crippen LogP contribution in [-0.4, -0.2) is 15.3 Å². The molecule has 20 heavy (non-hydrogen) atoms. The van der Waals surface area contributed by atoms with Crippen LogP contribution < -0.4 is 5.32 Å². The maximum absolute atomic E-state index is 12.3. The van der Waals surface area contributed by atoms with Crippen molar-refractivity contribution >= 4 is 27.9 Å². The summed E-state index contributed by atoms with van der Waals surface area (Å²) in [5, 5.41) is 4.95. The smallest absolute Gasteiger partial charge is 0.275 e. The van der Waals surface area contributed by atoms with Crippen LogP contribution in [0.3, 0.4) is 0 Å². The highest BCUT2D eigenvalue weighted by Gasteiger charge is 2.14. The van der Waals surface area contributed by atoms with Crippen LogP contribution in [0.5, 0.6) is 0 Å². The number of nitrogens with zero attached hydrogens (tertiary/aromatic N) is 2. The molecule has 0 aliphatic heterocycles. The molecule has 0 saturated heterocycles. The molecule has 0 atom stereocenters. The molecule has 1 amide bonds. The molecule has 3 aromatic rings. The van der Waals surface area contributed by atoms with E-state index in [4.69, 9.17) is 0 Å². The molecule has 0 fully saturated rings. The molecule has 0 aliphatic rings. The monoisotopic (exact) mass is 285 g/mol. The molecule has 0 unspecified atom stereocenters. The second-order valence-electron chi connectivity index (χ2n) is 4.86. The average Bonchev–Trinajstić information content (AvgIpc) is 2.98. The van der Waals surface area contributed by atoms with E-state index in [9.17, 15) is 4.79 Å². The van der Waals surface area contributed by atoms with Gasteiger partial charge in [0, 0.05) is 23.0 Å². The summed E-state index contributed by atoms with van der Waals surface area (Å²) in [4.78, 5) is 17.5. The molecular weight excluding hydrogens is 270 g/mol. The fraction of sp³-hybridized carbons (Fsp3) is 0.200. The quantitative estimate of drug-likeness (QED) is 0.782. The van der Waals surface area contributed by atoms with Crippen LogP contribution in [0.1, 0.15) is 27.3 Å². The SMILES string of the molecule is Cc1cccc(NC(=O)c2cn3c(C)csc3n2)c1C. The Morgan fingerprint density at radius 3 is 2.85 bits per heavy atom. The largest absolute Gasteiger partial charge is 0.320 e. The number of rotatable bonds is 2. The lowest BCUT2D eigenvalue weighted by atomic mass is 10.1. The van der Waals surface area contributed by atoms with Crippen LogP contribution in [0.2, 0.25) is 0 Å². The number of thiazole rings is 1. The van der Waals surface area contributed by atoms with Crippen LogP contribution in [0.25, 0.3) is 4.96 Å². The van der Waals surface area contributed by atoms with Gasteiger partial charge in [0.25, 0.3) is 5.91 Å². The molecule has 0 bridgehead atoms. The predicted molar refractivity (Wildman–Crippen MR) is 81.7 cm³/mol. The number of anilines is 1. The Bertz CT molecular complexity index is 801. The molecule has 1 N–H and O–H groups in total. The second-order valence-corrected chi connectivity index (χ2v) is 5.69. The Hall–Kier alpha value is -2.14. The van der Waals surface area contributed by atoms with Crippen molar-refractivity contribution in [1.29, 1.82) is 0 Å². The van der Waals surface area contributed by atoms with Gasteiger partial charge in [-0.2, -0.15) is 0 Å². The molecule has 0 saturated carbocycles. The van der Waals surface area contributed by atoms with Gasteiger partial charge in [0.2, 0.25) is 0 Å². The molecule has 2 heterocycles. The summed E-state index contributed by atoms with van der Waals surface area (Å²) in [6.45, 7) is 6.03. The molecule has 1 aromatic carbocycles. The van der Waals surface area contributed by atoms with Gasteiger partial charge in [-0.05, 0) is 38.0 Å². The number of benzene rings is 1. The Morgan fingerprint density at radius 2 is 2.10 bits per heavy atom. The third kappa shape index (κ3) is 2.10. The van der Waals surface area contributed by atoms with E-state index < -0.39 is 0 Å². The number of hydrogen-bond donors (Lipinski definition) is 1. The Balaban J connectivity index is 1.90. The zero-order chi connectivity index (χ0) is 14.3. The number of imidazole rings is 1. The second kappa shape index (κ2) is 4.76. The van der Waals surface area contributed by atoms with Gasteiger partial charge in [0.15, 0.2) is 4.96 Å². The summed E-state index contributed by atoms with van der Waals surface area (Å²) < 4.78 is 1.93. The Labute approximate surface area is 121 Å². The van der Waals surface area contributed by atoms with Crippen LogP contribution in [0.4, 0.5) is 5.69 Å². The summed E-state index contributed by atoms with van der Waals surface area (Å²) in [6.07, 6.45) is 1.78. The minimum atomic E-state index is -0.172. The van der Waals surface area contributed by atoms with Gasteiger partial charge in [0.1, 0.15) is 5.69 Å². The normalized spacial score (nSPS) is 10.9. The third-order valence-corrected chi connectivity index (χ3v) is 4.43. The lowest BCUT2D eigenvalue weighted by Gasteiger charge is -2.08. The number of fused-ring (bicyclic) bond motifs is 1. The van der Waals surface area contributed by atoms with Gasteiger partial charge in [-0.3, -0.25) is 9.20 Å². The number of nitrogens with one attached hydrogen (secondary N) is 1. The zero-order valence-corrected chi connectivity index (χ0v) is 12.4. The van der Waals surface area contributed by atoms with Crippen molar-refractivity contribution in [3.05, 3.63) is 52.3 Å². The van der Waals surface area contributed by atoms with E-state index in [-0.39, 0.29) is 5.91 Å². The van der Waals surface area contributed by atoms with Crippen molar-refractivity contribution in [3.8, 4) is 0 Å². The highest BCUT2D eigenvalue weighted by molar-refractivity contribution is 7.15. The number of carbonyl (C=O) groups excluding carboxylic acids is 1. The summed E-state index contributed by atoms with van der Waals surface area (Å²) >= 11 is 1.54. The molecule has 4 nitrogen and oxygen atoms in total. The fourth-order valence-corrected chi connectivity index (χ4v) is 2.93. The van der Waals surface area contributed by atoms with Gasteiger partial charge < -0.3 is 5.32 Å². The lowest BCUT2D eigenvalue weighted by Crippen LogP contribution is -2.13. The zero-order valence-electron chi connectivity index (χ0n) is 11.6. The van der Waals surface area contributed by atoms with E-state index in [1.54, 1.807) is 6.20 Å². The van der Waals surface area contributed by atoms with Crippen molar-refractivity contribution in [2.45, 2.75) is 20.8 Å². The van der Waals surface area contributed by atoms with Crippen molar-refractivity contribution in [3.63, 3.8) is 0 Å². The van der Waals surface area contributed by atoms with Gasteiger partial charge in [-0.1, -0.05) is 12.1 Å². The van der Waals surface area contributed by atoms with Crippen LogP contribution in [0.15, 0.2) is 29.8 Å². The fourth-order valence-electron chi connectivity index (χ4n) is 2.08. The molecule has 5 heteroatoms. The molecule has 0 spiro atoms. The van der Waals surface area contributed by atoms with Crippen LogP contribution in [0, 0.1) is 20.8 Å². The van der Waals surface area contributed by atoms with Crippen molar-refractivity contribution in [2.24, 2.45) is 0 Å². The number of hydrogen-bond acceptors (Lipinski definition) is 3. The van der Waals surface area contributed by atoms with E-state index >= 15 is 0 Å². The summed E-state index contributed by atoms with van der Waals surface area (Å²) in [5.41, 5.74) is 4.61. The number of carbonyl (C=O) groups is 1. The first-order chi connectivity index (χ1) is 9.56. The molecule has 3 rings (SSSR count). The van der Waals surface area contributed by atoms with Gasteiger partial charge in [-0.25, -0.2) is 4.98 Å². The summed E-state index contributed by atoms with van der Waals surface area (Å²) in [7, 11) is 0.